The molecule has 0 aliphatic rings. The number of nitrogens with two attached hydrogens (primary N) is 1. The van der Waals surface area contributed by atoms with Crippen LogP contribution in [0.25, 0.3) is 0 Å². The molecule has 21 heavy (non-hydrogen) atoms. The van der Waals surface area contributed by atoms with E-state index in [0.29, 0.717) is 6.42 Å². The van der Waals surface area contributed by atoms with Crippen LogP contribution < -0.4 is 10.5 Å². The molecule has 1 aromatic heterocycles. The van der Waals surface area contributed by atoms with E-state index in [9.17, 15) is 12.8 Å². The van der Waals surface area contributed by atoms with Gasteiger partial charge in [0.2, 0.25) is 10.0 Å². The lowest BCUT2D eigenvalue weighted by atomic mass is 10.2. The molecule has 0 aliphatic carbocycles. The molecule has 1 aromatic carbocycles. The van der Waals surface area contributed by atoms with Crippen LogP contribution in [0.15, 0.2) is 27.9 Å². The second-order valence-corrected chi connectivity index (χ2v) is 7.10. The lowest BCUT2D eigenvalue weighted by Crippen LogP contribution is -2.27. The molecule has 3 N–H and O–H groups in total. The second kappa shape index (κ2) is 6.80. The van der Waals surface area contributed by atoms with E-state index in [4.69, 9.17) is 17.3 Å². The third-order valence-corrected chi connectivity index (χ3v) is 5.06. The fraction of sp³-hybridized carbons (Fsp3) is 0.250. The van der Waals surface area contributed by atoms with Crippen LogP contribution in [-0.2, 0) is 23.0 Å². The first kappa shape index (κ1) is 16.3. The minimum absolute atomic E-state index is 0.0578. The maximum Gasteiger partial charge on any atom is 0.243 e. The van der Waals surface area contributed by atoms with Gasteiger partial charge in [0.1, 0.15) is 10.7 Å². The molecule has 0 bridgehead atoms. The molecule has 0 fully saturated rings. The highest BCUT2D eigenvalue weighted by atomic mass is 35.5. The normalized spacial score (nSPS) is 11.8. The summed E-state index contributed by atoms with van der Waals surface area (Å²) in [6, 6.07) is 2.38. The van der Waals surface area contributed by atoms with E-state index in [-0.39, 0.29) is 23.7 Å². The van der Waals surface area contributed by atoms with Crippen LogP contribution in [0.1, 0.15) is 11.3 Å². The average Bonchev–Trinajstić information content (AvgIpc) is 2.93. The third-order valence-electron chi connectivity index (χ3n) is 2.75. The minimum Gasteiger partial charge on any atom is -0.326 e. The molecule has 5 nitrogen and oxygen atoms in total. The monoisotopic (exact) mass is 349 g/mol. The van der Waals surface area contributed by atoms with Gasteiger partial charge in [-0.15, -0.1) is 11.3 Å². The quantitative estimate of drug-likeness (QED) is 0.834. The van der Waals surface area contributed by atoms with E-state index >= 15 is 0 Å². The summed E-state index contributed by atoms with van der Waals surface area (Å²) in [5.41, 5.74) is 7.87. The van der Waals surface area contributed by atoms with Crippen LogP contribution in [0, 0.1) is 5.82 Å². The number of halogens is 2. The van der Waals surface area contributed by atoms with Gasteiger partial charge in [0, 0.05) is 35.5 Å². The van der Waals surface area contributed by atoms with Crippen molar-refractivity contribution >= 4 is 33.0 Å². The summed E-state index contributed by atoms with van der Waals surface area (Å²) in [6.07, 6.45) is 0.425. The Morgan fingerprint density at radius 1 is 1.43 bits per heavy atom. The highest BCUT2D eigenvalue weighted by Gasteiger charge is 2.21. The van der Waals surface area contributed by atoms with E-state index in [2.05, 4.69) is 9.71 Å². The Balaban J connectivity index is 2.17. The van der Waals surface area contributed by atoms with E-state index in [0.717, 1.165) is 11.8 Å². The number of benzene rings is 1. The first-order valence-corrected chi connectivity index (χ1v) is 8.79. The lowest BCUT2D eigenvalue weighted by Gasteiger charge is -2.10. The molecular formula is C12H13ClFN3O2S2. The van der Waals surface area contributed by atoms with Gasteiger partial charge >= 0.3 is 0 Å². The fourth-order valence-electron chi connectivity index (χ4n) is 1.71. The van der Waals surface area contributed by atoms with Crippen molar-refractivity contribution in [2.45, 2.75) is 17.9 Å². The van der Waals surface area contributed by atoms with Crippen LogP contribution in [0.5, 0.6) is 0 Å². The maximum absolute atomic E-state index is 14.1. The van der Waals surface area contributed by atoms with Crippen molar-refractivity contribution < 1.29 is 12.8 Å². The van der Waals surface area contributed by atoms with E-state index in [1.54, 1.807) is 5.51 Å². The van der Waals surface area contributed by atoms with E-state index < -0.39 is 20.7 Å². The van der Waals surface area contributed by atoms with E-state index in [1.165, 1.54) is 17.4 Å². The van der Waals surface area contributed by atoms with Crippen molar-refractivity contribution in [1.82, 2.24) is 9.71 Å². The van der Waals surface area contributed by atoms with Crippen LogP contribution in [0.3, 0.4) is 0 Å². The largest absolute Gasteiger partial charge is 0.326 e. The Hall–Kier alpha value is -1.06. The summed E-state index contributed by atoms with van der Waals surface area (Å²) in [4.78, 5) is 3.55. The molecule has 0 spiro atoms. The predicted molar refractivity (Wildman–Crippen MR) is 80.3 cm³/mol. The van der Waals surface area contributed by atoms with Gasteiger partial charge in [0.05, 0.1) is 11.2 Å². The highest BCUT2D eigenvalue weighted by molar-refractivity contribution is 7.89. The molecule has 0 saturated heterocycles. The van der Waals surface area contributed by atoms with Crippen LogP contribution >= 0.6 is 22.9 Å². The molecule has 2 aromatic rings. The smallest absolute Gasteiger partial charge is 0.243 e. The Bertz CT molecular complexity index is 720. The number of sulfonamides is 1. The SMILES string of the molecule is NCc1cc(Cl)cc(S(=O)(=O)NCCc2cscn2)c1F. The van der Waals surface area contributed by atoms with E-state index in [1.807, 2.05) is 5.38 Å². The first-order valence-electron chi connectivity index (χ1n) is 5.99. The maximum atomic E-state index is 14.1. The summed E-state index contributed by atoms with van der Waals surface area (Å²) in [5, 5.41) is 1.94. The Morgan fingerprint density at radius 2 is 2.19 bits per heavy atom. The zero-order valence-electron chi connectivity index (χ0n) is 10.8. The topological polar surface area (TPSA) is 85.1 Å². The standard InChI is InChI=1S/C12H13ClFN3O2S2/c13-9-3-8(5-15)12(14)11(4-9)21(18,19)17-2-1-10-6-20-7-16-10/h3-4,6-7,17H,1-2,5,15H2. The van der Waals surface area contributed by atoms with Crippen molar-refractivity contribution in [3.05, 3.63) is 45.1 Å². The van der Waals surface area contributed by atoms with Gasteiger partial charge < -0.3 is 5.73 Å². The van der Waals surface area contributed by atoms with Crippen LogP contribution in [0.4, 0.5) is 4.39 Å². The number of thiazole rings is 1. The van der Waals surface area contributed by atoms with Crippen molar-refractivity contribution in [2.24, 2.45) is 5.73 Å². The lowest BCUT2D eigenvalue weighted by molar-refractivity contribution is 0.550. The second-order valence-electron chi connectivity index (χ2n) is 4.21. The number of hydrogen-bond donors (Lipinski definition) is 2. The van der Waals surface area contributed by atoms with Gasteiger partial charge in [0.15, 0.2) is 0 Å². The molecular weight excluding hydrogens is 337 g/mol. The van der Waals surface area contributed by atoms with Gasteiger partial charge in [0.25, 0.3) is 0 Å². The number of nitrogens with one attached hydrogen (secondary N) is 1. The highest BCUT2D eigenvalue weighted by Crippen LogP contribution is 2.23. The van der Waals surface area contributed by atoms with Crippen molar-refractivity contribution in [1.29, 1.82) is 0 Å². The van der Waals surface area contributed by atoms with Crippen molar-refractivity contribution in [2.75, 3.05) is 6.54 Å². The fourth-order valence-corrected chi connectivity index (χ4v) is 3.79. The number of aromatic nitrogens is 1. The molecule has 9 heteroatoms. The molecule has 0 amide bonds. The van der Waals surface area contributed by atoms with Crippen LogP contribution in [-0.4, -0.2) is 19.9 Å². The Morgan fingerprint density at radius 3 is 2.81 bits per heavy atom. The molecule has 0 radical (unpaired) electrons. The zero-order valence-corrected chi connectivity index (χ0v) is 13.2. The van der Waals surface area contributed by atoms with Gasteiger partial charge in [-0.1, -0.05) is 11.6 Å². The summed E-state index contributed by atoms with van der Waals surface area (Å²) in [5.74, 6) is -0.872. The van der Waals surface area contributed by atoms with Crippen molar-refractivity contribution in [3.63, 3.8) is 0 Å². The zero-order chi connectivity index (χ0) is 15.5. The van der Waals surface area contributed by atoms with Crippen LogP contribution in [0.2, 0.25) is 5.02 Å². The first-order chi connectivity index (χ1) is 9.94. The Kier molecular flexibility index (Phi) is 5.28. The molecule has 1 heterocycles. The van der Waals surface area contributed by atoms with Crippen molar-refractivity contribution in [3.8, 4) is 0 Å². The number of hydrogen-bond acceptors (Lipinski definition) is 5. The number of nitrogens with zero attached hydrogens (tertiary/aromatic N) is 1. The molecule has 0 unspecified atom stereocenters. The summed E-state index contributed by atoms with van der Waals surface area (Å²) < 4.78 is 40.7. The summed E-state index contributed by atoms with van der Waals surface area (Å²) in [7, 11) is -3.99. The van der Waals surface area contributed by atoms with Gasteiger partial charge in [-0.3, -0.25) is 0 Å². The Labute approximate surface area is 131 Å². The predicted octanol–water partition coefficient (Wildman–Crippen LogP) is 1.92. The van der Waals surface area contributed by atoms with Gasteiger partial charge in [-0.25, -0.2) is 22.5 Å². The molecule has 114 valence electrons. The summed E-state index contributed by atoms with van der Waals surface area (Å²) in [6.45, 7) is -0.0102. The molecule has 0 aliphatic heterocycles. The number of rotatable bonds is 6. The molecule has 0 saturated carbocycles. The van der Waals surface area contributed by atoms with Gasteiger partial charge in [-0.05, 0) is 12.1 Å². The minimum atomic E-state index is -3.99. The van der Waals surface area contributed by atoms with Gasteiger partial charge in [-0.2, -0.15) is 0 Å². The molecule has 2 rings (SSSR count). The average molecular weight is 350 g/mol. The summed E-state index contributed by atoms with van der Waals surface area (Å²) >= 11 is 7.22. The molecule has 0 atom stereocenters. The third kappa shape index (κ3) is 3.98.